The molecule has 0 aliphatic rings. The van der Waals surface area contributed by atoms with Crippen LogP contribution in [0.3, 0.4) is 0 Å². The zero-order valence-corrected chi connectivity index (χ0v) is 8.56. The Kier molecular flexibility index (Phi) is 4.04. The van der Waals surface area contributed by atoms with E-state index in [1.54, 1.807) is 0 Å². The fourth-order valence-electron chi connectivity index (χ4n) is 0.894. The zero-order chi connectivity index (χ0) is 9.07. The van der Waals surface area contributed by atoms with Crippen LogP contribution in [-0.4, -0.2) is 24.8 Å². The van der Waals surface area contributed by atoms with Crippen LogP contribution >= 0.6 is 0 Å². The lowest BCUT2D eigenvalue weighted by Gasteiger charge is -2.28. The van der Waals surface area contributed by atoms with Gasteiger partial charge in [0.25, 0.3) is 0 Å². The molecule has 2 heteroatoms. The van der Waals surface area contributed by atoms with Crippen LogP contribution in [-0.2, 0) is 4.74 Å². The van der Waals surface area contributed by atoms with Crippen molar-refractivity contribution < 1.29 is 4.74 Å². The number of nitrogens with one attached hydrogen (secondary N) is 1. The lowest BCUT2D eigenvalue weighted by molar-refractivity contribution is -0.0628. The van der Waals surface area contributed by atoms with Crippen LogP contribution in [0.5, 0.6) is 0 Å². The van der Waals surface area contributed by atoms with Crippen molar-refractivity contribution in [2.24, 2.45) is 0 Å². The maximum absolute atomic E-state index is 5.73. The molecule has 0 aliphatic carbocycles. The van der Waals surface area contributed by atoms with Crippen LogP contribution in [0, 0.1) is 0 Å². The third kappa shape index (κ3) is 5.22. The standard InChI is InChI=1S/C9H21NO/c1-7(10-6)8(2)11-9(3,4)5/h7-8,10H,1-6H3/t7-,8+/m1/s1. The predicted octanol–water partition coefficient (Wildman–Crippen LogP) is 1.80. The van der Waals surface area contributed by atoms with E-state index in [-0.39, 0.29) is 11.7 Å². The molecule has 0 bridgehead atoms. The first kappa shape index (κ1) is 10.9. The molecular weight excluding hydrogens is 138 g/mol. The molecule has 0 spiro atoms. The Morgan fingerprint density at radius 2 is 1.64 bits per heavy atom. The summed E-state index contributed by atoms with van der Waals surface area (Å²) in [6.45, 7) is 10.4. The molecule has 2 atom stereocenters. The summed E-state index contributed by atoms with van der Waals surface area (Å²) in [5.74, 6) is 0. The smallest absolute Gasteiger partial charge is 0.0704 e. The van der Waals surface area contributed by atoms with Crippen LogP contribution in [0.4, 0.5) is 0 Å². The zero-order valence-electron chi connectivity index (χ0n) is 8.56. The minimum atomic E-state index is -0.0372. The monoisotopic (exact) mass is 159 g/mol. The molecule has 0 aromatic heterocycles. The summed E-state index contributed by atoms with van der Waals surface area (Å²) in [7, 11) is 1.95. The van der Waals surface area contributed by atoms with Gasteiger partial charge in [-0.15, -0.1) is 0 Å². The summed E-state index contributed by atoms with van der Waals surface area (Å²) in [4.78, 5) is 0. The van der Waals surface area contributed by atoms with Gasteiger partial charge in [0.1, 0.15) is 0 Å². The van der Waals surface area contributed by atoms with Gasteiger partial charge in [0.15, 0.2) is 0 Å². The van der Waals surface area contributed by atoms with Gasteiger partial charge in [-0.25, -0.2) is 0 Å². The van der Waals surface area contributed by atoms with E-state index in [4.69, 9.17) is 4.74 Å². The summed E-state index contributed by atoms with van der Waals surface area (Å²) >= 11 is 0. The van der Waals surface area contributed by atoms with Crippen LogP contribution in [0.2, 0.25) is 0 Å². The average Bonchev–Trinajstić information content (AvgIpc) is 1.82. The van der Waals surface area contributed by atoms with Crippen molar-refractivity contribution in [2.45, 2.75) is 52.4 Å². The first-order chi connectivity index (χ1) is 4.87. The third-order valence-corrected chi connectivity index (χ3v) is 1.70. The van der Waals surface area contributed by atoms with Gasteiger partial charge in [-0.1, -0.05) is 0 Å². The van der Waals surface area contributed by atoms with E-state index in [0.717, 1.165) is 0 Å². The van der Waals surface area contributed by atoms with Crippen LogP contribution in [0.25, 0.3) is 0 Å². The Morgan fingerprint density at radius 3 is 1.91 bits per heavy atom. The van der Waals surface area contributed by atoms with Gasteiger partial charge in [-0.2, -0.15) is 0 Å². The van der Waals surface area contributed by atoms with E-state index in [1.807, 2.05) is 7.05 Å². The molecule has 0 saturated heterocycles. The molecule has 0 saturated carbocycles. The van der Waals surface area contributed by atoms with E-state index >= 15 is 0 Å². The molecule has 68 valence electrons. The van der Waals surface area contributed by atoms with Crippen molar-refractivity contribution in [3.8, 4) is 0 Å². The molecule has 0 aliphatic heterocycles. The highest BCUT2D eigenvalue weighted by Crippen LogP contribution is 2.12. The summed E-state index contributed by atoms with van der Waals surface area (Å²) < 4.78 is 5.73. The molecule has 2 nitrogen and oxygen atoms in total. The Bertz CT molecular complexity index is 107. The largest absolute Gasteiger partial charge is 0.371 e. The molecule has 0 unspecified atom stereocenters. The summed E-state index contributed by atoms with van der Waals surface area (Å²) in [5, 5.41) is 3.16. The number of hydrogen-bond donors (Lipinski definition) is 1. The summed E-state index contributed by atoms with van der Waals surface area (Å²) in [6.07, 6.45) is 0.264. The highest BCUT2D eigenvalue weighted by Gasteiger charge is 2.18. The maximum atomic E-state index is 5.73. The maximum Gasteiger partial charge on any atom is 0.0704 e. The molecule has 0 aromatic rings. The number of hydrogen-bond acceptors (Lipinski definition) is 2. The first-order valence-corrected chi connectivity index (χ1v) is 4.22. The van der Waals surface area contributed by atoms with E-state index in [0.29, 0.717) is 6.04 Å². The summed E-state index contributed by atoms with van der Waals surface area (Å²) in [5.41, 5.74) is -0.0372. The molecular formula is C9H21NO. The van der Waals surface area contributed by atoms with Gasteiger partial charge in [-0.3, -0.25) is 0 Å². The van der Waals surface area contributed by atoms with E-state index in [1.165, 1.54) is 0 Å². The topological polar surface area (TPSA) is 21.3 Å². The SMILES string of the molecule is CN[C@H](C)[C@H](C)OC(C)(C)C. The normalized spacial score (nSPS) is 18.0. The third-order valence-electron chi connectivity index (χ3n) is 1.70. The predicted molar refractivity (Wildman–Crippen MR) is 48.8 cm³/mol. The van der Waals surface area contributed by atoms with Crippen molar-refractivity contribution in [3.05, 3.63) is 0 Å². The quantitative estimate of drug-likeness (QED) is 0.678. The molecule has 11 heavy (non-hydrogen) atoms. The van der Waals surface area contributed by atoms with Crippen molar-refractivity contribution >= 4 is 0 Å². The number of rotatable bonds is 3. The van der Waals surface area contributed by atoms with E-state index in [9.17, 15) is 0 Å². The molecule has 0 rings (SSSR count). The molecule has 0 heterocycles. The van der Waals surface area contributed by atoms with E-state index < -0.39 is 0 Å². The van der Waals surface area contributed by atoms with Gasteiger partial charge < -0.3 is 10.1 Å². The fourth-order valence-corrected chi connectivity index (χ4v) is 0.894. The van der Waals surface area contributed by atoms with Gasteiger partial charge in [0.2, 0.25) is 0 Å². The van der Waals surface area contributed by atoms with Gasteiger partial charge in [0.05, 0.1) is 11.7 Å². The second-order valence-electron chi connectivity index (χ2n) is 4.01. The van der Waals surface area contributed by atoms with Gasteiger partial charge in [0, 0.05) is 6.04 Å². The fraction of sp³-hybridized carbons (Fsp3) is 1.00. The van der Waals surface area contributed by atoms with Crippen LogP contribution < -0.4 is 5.32 Å². The van der Waals surface area contributed by atoms with Crippen molar-refractivity contribution in [1.29, 1.82) is 0 Å². The van der Waals surface area contributed by atoms with Gasteiger partial charge in [-0.05, 0) is 41.7 Å². The van der Waals surface area contributed by atoms with Crippen molar-refractivity contribution in [1.82, 2.24) is 5.32 Å². The molecule has 0 amide bonds. The lowest BCUT2D eigenvalue weighted by atomic mass is 10.1. The molecule has 0 aromatic carbocycles. The van der Waals surface area contributed by atoms with Crippen LogP contribution in [0.15, 0.2) is 0 Å². The number of ether oxygens (including phenoxy) is 1. The Morgan fingerprint density at radius 1 is 1.18 bits per heavy atom. The minimum Gasteiger partial charge on any atom is -0.371 e. The van der Waals surface area contributed by atoms with E-state index in [2.05, 4.69) is 39.9 Å². The lowest BCUT2D eigenvalue weighted by Crippen LogP contribution is -2.39. The second kappa shape index (κ2) is 4.07. The Labute approximate surface area is 70.3 Å². The molecule has 0 radical (unpaired) electrons. The Hall–Kier alpha value is -0.0800. The number of likely N-dealkylation sites (N-methyl/N-ethyl adjacent to an activating group) is 1. The Balaban J connectivity index is 3.77. The van der Waals surface area contributed by atoms with Crippen molar-refractivity contribution in [2.75, 3.05) is 7.05 Å². The first-order valence-electron chi connectivity index (χ1n) is 4.22. The van der Waals surface area contributed by atoms with Crippen molar-refractivity contribution in [3.63, 3.8) is 0 Å². The highest BCUT2D eigenvalue weighted by molar-refractivity contribution is 4.70. The summed E-state index contributed by atoms with van der Waals surface area (Å²) in [6, 6.07) is 0.411. The minimum absolute atomic E-state index is 0.0372. The second-order valence-corrected chi connectivity index (χ2v) is 4.01. The molecule has 1 N–H and O–H groups in total. The highest BCUT2D eigenvalue weighted by atomic mass is 16.5. The average molecular weight is 159 g/mol. The molecule has 0 fully saturated rings. The van der Waals surface area contributed by atoms with Gasteiger partial charge >= 0.3 is 0 Å². The van der Waals surface area contributed by atoms with Crippen LogP contribution in [0.1, 0.15) is 34.6 Å².